The molecule has 2 nitrogen and oxygen atoms in total. The first-order valence-corrected chi connectivity index (χ1v) is 6.92. The van der Waals surface area contributed by atoms with Crippen molar-refractivity contribution in [2.24, 2.45) is 0 Å². The molecule has 3 rings (SSSR count). The fraction of sp³-hybridized carbons (Fsp3) is 0.294. The minimum Gasteiger partial charge on any atom is -0.493 e. The third kappa shape index (κ3) is 2.48. The molecular formula is C17H18FNO. The smallest absolute Gasteiger partial charge is 0.126 e. The number of hydrogen-bond acceptors (Lipinski definition) is 2. The van der Waals surface area contributed by atoms with Gasteiger partial charge in [0.25, 0.3) is 0 Å². The number of anilines is 1. The summed E-state index contributed by atoms with van der Waals surface area (Å²) >= 11 is 0. The Labute approximate surface area is 118 Å². The summed E-state index contributed by atoms with van der Waals surface area (Å²) in [7, 11) is 0. The van der Waals surface area contributed by atoms with Crippen molar-refractivity contribution in [2.75, 3.05) is 11.9 Å². The Kier molecular flexibility index (Phi) is 3.35. The molecule has 1 atom stereocenters. The predicted octanol–water partition coefficient (Wildman–Crippen LogP) is 4.24. The van der Waals surface area contributed by atoms with Gasteiger partial charge in [-0.25, -0.2) is 4.39 Å². The zero-order chi connectivity index (χ0) is 14.1. The minimum absolute atomic E-state index is 0.0606. The number of nitrogens with one attached hydrogen (secondary N) is 1. The summed E-state index contributed by atoms with van der Waals surface area (Å²) in [5.74, 6) is 0.822. The molecule has 0 aromatic heterocycles. The summed E-state index contributed by atoms with van der Waals surface area (Å²) in [5.41, 5.74) is 3.90. The van der Waals surface area contributed by atoms with Crippen molar-refractivity contribution < 1.29 is 9.13 Å². The number of aryl methyl sites for hydroxylation is 1. The maximum atomic E-state index is 13.6. The average molecular weight is 271 g/mol. The maximum Gasteiger partial charge on any atom is 0.126 e. The second kappa shape index (κ2) is 5.16. The molecule has 1 aliphatic heterocycles. The standard InChI is InChI=1S/C17H18FNO/c1-11-3-4-13(10-16(11)18)12(2)19-15-5-6-17-14(9-15)7-8-20-17/h3-6,9-10,12,19H,7-8H2,1-2H3. The van der Waals surface area contributed by atoms with Crippen LogP contribution in [-0.2, 0) is 6.42 Å². The molecule has 0 aliphatic carbocycles. The first-order chi connectivity index (χ1) is 9.63. The predicted molar refractivity (Wildman–Crippen MR) is 78.8 cm³/mol. The molecule has 0 bridgehead atoms. The zero-order valence-corrected chi connectivity index (χ0v) is 11.7. The molecule has 2 aromatic carbocycles. The summed E-state index contributed by atoms with van der Waals surface area (Å²) in [5, 5.41) is 3.41. The van der Waals surface area contributed by atoms with E-state index in [2.05, 4.69) is 11.4 Å². The Hall–Kier alpha value is -2.03. The van der Waals surface area contributed by atoms with Crippen molar-refractivity contribution in [3.63, 3.8) is 0 Å². The Bertz CT molecular complexity index is 639. The fourth-order valence-electron chi connectivity index (χ4n) is 2.49. The maximum absolute atomic E-state index is 13.6. The van der Waals surface area contributed by atoms with Crippen LogP contribution in [0, 0.1) is 12.7 Å². The Morgan fingerprint density at radius 3 is 2.85 bits per heavy atom. The van der Waals surface area contributed by atoms with Crippen LogP contribution in [0.2, 0.25) is 0 Å². The summed E-state index contributed by atoms with van der Waals surface area (Å²) in [4.78, 5) is 0. The van der Waals surface area contributed by atoms with Gasteiger partial charge in [0.1, 0.15) is 11.6 Å². The lowest BCUT2D eigenvalue weighted by Gasteiger charge is -2.17. The van der Waals surface area contributed by atoms with E-state index in [4.69, 9.17) is 4.74 Å². The summed E-state index contributed by atoms with van der Waals surface area (Å²) in [6, 6.07) is 11.6. The number of ether oxygens (including phenoxy) is 1. The monoisotopic (exact) mass is 271 g/mol. The van der Waals surface area contributed by atoms with Gasteiger partial charge in [-0.1, -0.05) is 12.1 Å². The summed E-state index contributed by atoms with van der Waals surface area (Å²) < 4.78 is 19.1. The second-order valence-corrected chi connectivity index (χ2v) is 5.30. The van der Waals surface area contributed by atoms with Crippen LogP contribution in [-0.4, -0.2) is 6.61 Å². The molecule has 0 saturated carbocycles. The van der Waals surface area contributed by atoms with E-state index < -0.39 is 0 Å². The molecule has 0 saturated heterocycles. The van der Waals surface area contributed by atoms with Crippen LogP contribution in [0.15, 0.2) is 36.4 Å². The van der Waals surface area contributed by atoms with Gasteiger partial charge in [0, 0.05) is 18.2 Å². The number of halogens is 1. The van der Waals surface area contributed by atoms with Crippen molar-refractivity contribution in [3.8, 4) is 5.75 Å². The second-order valence-electron chi connectivity index (χ2n) is 5.30. The summed E-state index contributed by atoms with van der Waals surface area (Å²) in [6.45, 7) is 4.57. The highest BCUT2D eigenvalue weighted by molar-refractivity contribution is 5.53. The lowest BCUT2D eigenvalue weighted by Crippen LogP contribution is -2.07. The van der Waals surface area contributed by atoms with Crippen LogP contribution >= 0.6 is 0 Å². The van der Waals surface area contributed by atoms with Crippen LogP contribution in [0.4, 0.5) is 10.1 Å². The van der Waals surface area contributed by atoms with Gasteiger partial charge >= 0.3 is 0 Å². The van der Waals surface area contributed by atoms with E-state index in [0.29, 0.717) is 5.56 Å². The molecule has 20 heavy (non-hydrogen) atoms. The minimum atomic E-state index is -0.154. The van der Waals surface area contributed by atoms with Gasteiger partial charge < -0.3 is 10.1 Å². The van der Waals surface area contributed by atoms with E-state index in [1.165, 1.54) is 5.56 Å². The third-order valence-electron chi connectivity index (χ3n) is 3.77. The topological polar surface area (TPSA) is 21.3 Å². The van der Waals surface area contributed by atoms with Crippen molar-refractivity contribution in [1.29, 1.82) is 0 Å². The summed E-state index contributed by atoms with van der Waals surface area (Å²) in [6.07, 6.45) is 0.957. The van der Waals surface area contributed by atoms with Crippen LogP contribution in [0.25, 0.3) is 0 Å². The van der Waals surface area contributed by atoms with E-state index in [1.54, 1.807) is 13.0 Å². The molecule has 0 spiro atoms. The van der Waals surface area contributed by atoms with Crippen molar-refractivity contribution in [2.45, 2.75) is 26.3 Å². The van der Waals surface area contributed by atoms with E-state index in [9.17, 15) is 4.39 Å². The zero-order valence-electron chi connectivity index (χ0n) is 11.7. The molecule has 104 valence electrons. The van der Waals surface area contributed by atoms with Crippen LogP contribution in [0.3, 0.4) is 0 Å². The van der Waals surface area contributed by atoms with Crippen LogP contribution in [0.1, 0.15) is 29.7 Å². The fourth-order valence-corrected chi connectivity index (χ4v) is 2.49. The number of benzene rings is 2. The van der Waals surface area contributed by atoms with Crippen LogP contribution < -0.4 is 10.1 Å². The molecular weight excluding hydrogens is 253 g/mol. The van der Waals surface area contributed by atoms with E-state index in [0.717, 1.165) is 30.0 Å². The number of hydrogen-bond donors (Lipinski definition) is 1. The Morgan fingerprint density at radius 2 is 2.05 bits per heavy atom. The molecule has 1 unspecified atom stereocenters. The number of fused-ring (bicyclic) bond motifs is 1. The van der Waals surface area contributed by atoms with E-state index in [-0.39, 0.29) is 11.9 Å². The highest BCUT2D eigenvalue weighted by atomic mass is 19.1. The van der Waals surface area contributed by atoms with Gasteiger partial charge in [0.05, 0.1) is 6.61 Å². The molecule has 3 heteroatoms. The average Bonchev–Trinajstić information content (AvgIpc) is 2.89. The first kappa shape index (κ1) is 13.0. The van der Waals surface area contributed by atoms with E-state index >= 15 is 0 Å². The molecule has 1 heterocycles. The van der Waals surface area contributed by atoms with Gasteiger partial charge in [-0.2, -0.15) is 0 Å². The van der Waals surface area contributed by atoms with Gasteiger partial charge in [0.2, 0.25) is 0 Å². The van der Waals surface area contributed by atoms with Gasteiger partial charge in [-0.05, 0) is 54.8 Å². The first-order valence-electron chi connectivity index (χ1n) is 6.92. The Morgan fingerprint density at radius 1 is 1.20 bits per heavy atom. The van der Waals surface area contributed by atoms with Gasteiger partial charge in [-0.3, -0.25) is 0 Å². The van der Waals surface area contributed by atoms with Gasteiger partial charge in [0.15, 0.2) is 0 Å². The molecule has 2 aromatic rings. The van der Waals surface area contributed by atoms with Crippen LogP contribution in [0.5, 0.6) is 5.75 Å². The largest absolute Gasteiger partial charge is 0.493 e. The highest BCUT2D eigenvalue weighted by Crippen LogP contribution is 2.29. The molecule has 0 amide bonds. The van der Waals surface area contributed by atoms with Gasteiger partial charge in [-0.15, -0.1) is 0 Å². The van der Waals surface area contributed by atoms with Crippen molar-refractivity contribution in [3.05, 3.63) is 58.9 Å². The SMILES string of the molecule is Cc1ccc(C(C)Nc2ccc3c(c2)CCO3)cc1F. The molecule has 1 aliphatic rings. The normalized spacial score (nSPS) is 14.6. The quantitative estimate of drug-likeness (QED) is 0.901. The molecule has 1 N–H and O–H groups in total. The third-order valence-corrected chi connectivity index (χ3v) is 3.77. The lowest BCUT2D eigenvalue weighted by atomic mass is 10.1. The van der Waals surface area contributed by atoms with Crippen molar-refractivity contribution in [1.82, 2.24) is 0 Å². The molecule has 0 fully saturated rings. The molecule has 0 radical (unpaired) electrons. The lowest BCUT2D eigenvalue weighted by molar-refractivity contribution is 0.357. The van der Waals surface area contributed by atoms with Crippen molar-refractivity contribution >= 4 is 5.69 Å². The Balaban J connectivity index is 1.78. The highest BCUT2D eigenvalue weighted by Gasteiger charge is 2.13. The number of rotatable bonds is 3. The van der Waals surface area contributed by atoms with E-state index in [1.807, 2.05) is 31.2 Å².